The van der Waals surface area contributed by atoms with E-state index in [1.807, 2.05) is 0 Å². The first-order valence-electron chi connectivity index (χ1n) is 17.9. The number of hydrogen-bond donors (Lipinski definition) is 0. The molecule has 1 aliphatic rings. The molecule has 10 aromatic rings. The van der Waals surface area contributed by atoms with Gasteiger partial charge in [-0.2, -0.15) is 0 Å². The SMILES string of the molecule is c1ccc(C2(c3c4ccccc4c(-c4ccc5ccccc5c4)c4ccccc34)c3ccccc3-c3ccc(-c4nc5ccccc5s4)cc32)cc1. The Morgan fingerprint density at radius 1 is 0.423 bits per heavy atom. The summed E-state index contributed by atoms with van der Waals surface area (Å²) in [5.41, 5.74) is 11.9. The van der Waals surface area contributed by atoms with E-state index in [-0.39, 0.29) is 0 Å². The van der Waals surface area contributed by atoms with E-state index in [0.717, 1.165) is 16.1 Å². The first-order valence-corrected chi connectivity index (χ1v) is 18.7. The van der Waals surface area contributed by atoms with Crippen molar-refractivity contribution in [1.29, 1.82) is 0 Å². The van der Waals surface area contributed by atoms with Crippen LogP contribution >= 0.6 is 11.3 Å². The highest BCUT2D eigenvalue weighted by molar-refractivity contribution is 7.21. The first kappa shape index (κ1) is 29.4. The van der Waals surface area contributed by atoms with Gasteiger partial charge in [-0.3, -0.25) is 0 Å². The second-order valence-electron chi connectivity index (χ2n) is 13.8. The summed E-state index contributed by atoms with van der Waals surface area (Å²) in [5.74, 6) is 0. The Bertz CT molecular complexity index is 2940. The van der Waals surface area contributed by atoms with Gasteiger partial charge in [0.15, 0.2) is 0 Å². The second kappa shape index (κ2) is 11.3. The monoisotopic (exact) mass is 677 g/mol. The lowest BCUT2D eigenvalue weighted by Crippen LogP contribution is -2.29. The average molecular weight is 678 g/mol. The van der Waals surface area contributed by atoms with E-state index in [4.69, 9.17) is 4.98 Å². The van der Waals surface area contributed by atoms with Gasteiger partial charge >= 0.3 is 0 Å². The Morgan fingerprint density at radius 2 is 1.04 bits per heavy atom. The van der Waals surface area contributed by atoms with Crippen molar-refractivity contribution in [3.05, 3.63) is 210 Å². The molecule has 1 unspecified atom stereocenters. The molecule has 0 saturated carbocycles. The van der Waals surface area contributed by atoms with E-state index in [2.05, 4.69) is 188 Å². The summed E-state index contributed by atoms with van der Waals surface area (Å²) in [6.07, 6.45) is 0. The zero-order valence-electron chi connectivity index (χ0n) is 28.3. The molecular formula is C50H31NS. The summed E-state index contributed by atoms with van der Waals surface area (Å²) < 4.78 is 1.21. The predicted octanol–water partition coefficient (Wildman–Crippen LogP) is 13.5. The normalized spacial score (nSPS) is 15.0. The third-order valence-corrected chi connectivity index (χ3v) is 12.2. The molecule has 1 heterocycles. The molecule has 0 N–H and O–H groups in total. The molecule has 0 spiro atoms. The summed E-state index contributed by atoms with van der Waals surface area (Å²) in [7, 11) is 0. The maximum Gasteiger partial charge on any atom is 0.124 e. The number of hydrogen-bond acceptors (Lipinski definition) is 2. The van der Waals surface area contributed by atoms with Gasteiger partial charge in [-0.25, -0.2) is 4.98 Å². The van der Waals surface area contributed by atoms with Gasteiger partial charge in [0, 0.05) is 5.56 Å². The Morgan fingerprint density at radius 3 is 1.83 bits per heavy atom. The fourth-order valence-electron chi connectivity index (χ4n) is 9.01. The van der Waals surface area contributed by atoms with Gasteiger partial charge in [-0.05, 0) is 101 Å². The number of benzene rings is 9. The largest absolute Gasteiger partial charge is 0.236 e. The Kier molecular flexibility index (Phi) is 6.40. The van der Waals surface area contributed by atoms with Crippen molar-refractivity contribution in [3.63, 3.8) is 0 Å². The molecular weight excluding hydrogens is 647 g/mol. The van der Waals surface area contributed by atoms with E-state index in [1.165, 1.54) is 81.5 Å². The molecule has 11 rings (SSSR count). The lowest BCUT2D eigenvalue weighted by Gasteiger charge is -2.36. The quantitative estimate of drug-likeness (QED) is 0.169. The van der Waals surface area contributed by atoms with Crippen LogP contribution in [0.25, 0.3) is 75.4 Å². The standard InChI is InChI=1S/C50H31NS/c1-2-16-36(17-3-1)50(43-23-11-10-18-37(43)38-29-28-35(31-44(38)50)49-51-45-24-12-13-25-46(45)52-49)48-41-21-8-6-19-39(41)47(40-20-7-9-22-42(40)48)34-27-26-32-14-4-5-15-33(32)30-34/h1-31H. The van der Waals surface area contributed by atoms with Crippen LogP contribution in [0.4, 0.5) is 0 Å². The third kappa shape index (κ3) is 4.13. The summed E-state index contributed by atoms with van der Waals surface area (Å²) in [5, 5.41) is 8.59. The molecule has 2 heteroatoms. The first-order chi connectivity index (χ1) is 25.8. The summed E-state index contributed by atoms with van der Waals surface area (Å²) in [4.78, 5) is 5.14. The van der Waals surface area contributed by atoms with Crippen molar-refractivity contribution < 1.29 is 0 Å². The highest BCUT2D eigenvalue weighted by atomic mass is 32.1. The third-order valence-electron chi connectivity index (χ3n) is 11.1. The maximum atomic E-state index is 5.14. The zero-order chi connectivity index (χ0) is 34.2. The number of aromatic nitrogens is 1. The van der Waals surface area contributed by atoms with Gasteiger partial charge in [-0.1, -0.05) is 164 Å². The van der Waals surface area contributed by atoms with Gasteiger partial charge in [0.2, 0.25) is 0 Å². The highest BCUT2D eigenvalue weighted by Crippen LogP contribution is 2.60. The van der Waals surface area contributed by atoms with Crippen LogP contribution in [-0.4, -0.2) is 4.98 Å². The van der Waals surface area contributed by atoms with E-state index in [9.17, 15) is 0 Å². The van der Waals surface area contributed by atoms with Gasteiger partial charge in [-0.15, -0.1) is 11.3 Å². The van der Waals surface area contributed by atoms with Crippen LogP contribution in [0.5, 0.6) is 0 Å². The van der Waals surface area contributed by atoms with Crippen molar-refractivity contribution in [2.75, 3.05) is 0 Å². The van der Waals surface area contributed by atoms with Crippen LogP contribution in [0.3, 0.4) is 0 Å². The molecule has 0 amide bonds. The summed E-state index contributed by atoms with van der Waals surface area (Å²) in [6, 6.07) is 69.5. The van der Waals surface area contributed by atoms with E-state index >= 15 is 0 Å². The van der Waals surface area contributed by atoms with E-state index in [0.29, 0.717) is 0 Å². The minimum Gasteiger partial charge on any atom is -0.236 e. The van der Waals surface area contributed by atoms with Crippen molar-refractivity contribution in [2.45, 2.75) is 5.41 Å². The molecule has 9 aromatic carbocycles. The Labute approximate surface area is 306 Å². The minimum absolute atomic E-state index is 0.596. The van der Waals surface area contributed by atoms with Crippen molar-refractivity contribution in [3.8, 4) is 32.8 Å². The second-order valence-corrected chi connectivity index (χ2v) is 14.8. The summed E-state index contributed by atoms with van der Waals surface area (Å²) >= 11 is 1.77. The zero-order valence-corrected chi connectivity index (χ0v) is 29.1. The highest BCUT2D eigenvalue weighted by Gasteiger charge is 2.48. The molecule has 0 bridgehead atoms. The Balaban J connectivity index is 1.30. The molecule has 52 heavy (non-hydrogen) atoms. The predicted molar refractivity (Wildman–Crippen MR) is 220 cm³/mol. The van der Waals surface area contributed by atoms with Crippen LogP contribution < -0.4 is 0 Å². The lowest BCUT2D eigenvalue weighted by molar-refractivity contribution is 0.784. The average Bonchev–Trinajstić information content (AvgIpc) is 3.78. The minimum atomic E-state index is -0.596. The molecule has 0 radical (unpaired) electrons. The molecule has 1 aliphatic carbocycles. The van der Waals surface area contributed by atoms with Crippen molar-refractivity contribution in [1.82, 2.24) is 4.98 Å². The van der Waals surface area contributed by atoms with Gasteiger partial charge in [0.1, 0.15) is 5.01 Å². The number of thiazole rings is 1. The van der Waals surface area contributed by atoms with E-state index < -0.39 is 5.41 Å². The van der Waals surface area contributed by atoms with Crippen LogP contribution in [0.2, 0.25) is 0 Å². The van der Waals surface area contributed by atoms with Crippen molar-refractivity contribution in [2.24, 2.45) is 0 Å². The van der Waals surface area contributed by atoms with Crippen LogP contribution in [-0.2, 0) is 5.41 Å². The van der Waals surface area contributed by atoms with E-state index in [1.54, 1.807) is 11.3 Å². The van der Waals surface area contributed by atoms with Crippen LogP contribution in [0.15, 0.2) is 188 Å². The summed E-state index contributed by atoms with van der Waals surface area (Å²) in [6.45, 7) is 0. The van der Waals surface area contributed by atoms with Crippen LogP contribution in [0, 0.1) is 0 Å². The fraction of sp³-hybridized carbons (Fsp3) is 0.0200. The molecule has 242 valence electrons. The smallest absolute Gasteiger partial charge is 0.124 e. The molecule has 1 nitrogen and oxygen atoms in total. The molecule has 0 aliphatic heterocycles. The molecule has 1 aromatic heterocycles. The van der Waals surface area contributed by atoms with Gasteiger partial charge in [0.05, 0.1) is 15.6 Å². The Hall–Kier alpha value is -6.35. The fourth-order valence-corrected chi connectivity index (χ4v) is 9.97. The van der Waals surface area contributed by atoms with Gasteiger partial charge in [0.25, 0.3) is 0 Å². The number of fused-ring (bicyclic) bond motifs is 7. The van der Waals surface area contributed by atoms with Crippen molar-refractivity contribution >= 4 is 53.9 Å². The van der Waals surface area contributed by atoms with Gasteiger partial charge < -0.3 is 0 Å². The molecule has 0 saturated heterocycles. The topological polar surface area (TPSA) is 12.9 Å². The number of rotatable bonds is 4. The molecule has 1 atom stereocenters. The number of para-hydroxylation sites is 1. The van der Waals surface area contributed by atoms with Crippen LogP contribution in [0.1, 0.15) is 22.3 Å². The molecule has 0 fully saturated rings. The maximum absolute atomic E-state index is 5.14. The lowest BCUT2D eigenvalue weighted by atomic mass is 9.64. The number of nitrogens with zero attached hydrogens (tertiary/aromatic N) is 1.